The third kappa shape index (κ3) is 5.87. The molecule has 3 fully saturated rings. The van der Waals surface area contributed by atoms with E-state index < -0.39 is 16.1 Å². The molecule has 2 aliphatic carbocycles. The second-order valence-electron chi connectivity index (χ2n) is 9.79. The van der Waals surface area contributed by atoms with Gasteiger partial charge in [0.2, 0.25) is 15.9 Å². The number of sulfonamides is 1. The van der Waals surface area contributed by atoms with Gasteiger partial charge in [-0.15, -0.1) is 0 Å². The number of primary sulfonamides is 1. The summed E-state index contributed by atoms with van der Waals surface area (Å²) in [7, 11) is -3.71. The van der Waals surface area contributed by atoms with Gasteiger partial charge in [-0.1, -0.05) is 44.2 Å². The molecule has 1 aliphatic heterocycles. The average Bonchev–Trinajstić information content (AvgIpc) is 3.19. The van der Waals surface area contributed by atoms with Crippen molar-refractivity contribution < 1.29 is 18.0 Å². The van der Waals surface area contributed by atoms with Gasteiger partial charge in [-0.25, -0.2) is 18.4 Å². The number of nitrogens with one attached hydrogen (secondary N) is 2. The molecule has 9 heteroatoms. The molecule has 2 saturated carbocycles. The van der Waals surface area contributed by atoms with E-state index in [4.69, 9.17) is 5.14 Å². The van der Waals surface area contributed by atoms with Crippen molar-refractivity contribution in [2.24, 2.45) is 11.1 Å². The van der Waals surface area contributed by atoms with E-state index in [9.17, 15) is 18.0 Å². The van der Waals surface area contributed by atoms with Crippen LogP contribution in [0.1, 0.15) is 69.8 Å². The summed E-state index contributed by atoms with van der Waals surface area (Å²) in [4.78, 5) is 28.3. The van der Waals surface area contributed by atoms with Crippen LogP contribution in [0.25, 0.3) is 0 Å². The van der Waals surface area contributed by atoms with E-state index in [0.29, 0.717) is 18.9 Å². The predicted molar refractivity (Wildman–Crippen MR) is 126 cm³/mol. The average molecular weight is 477 g/mol. The van der Waals surface area contributed by atoms with Crippen LogP contribution in [0, 0.1) is 5.92 Å². The summed E-state index contributed by atoms with van der Waals surface area (Å²) in [6.07, 6.45) is 11.2. The van der Waals surface area contributed by atoms with Gasteiger partial charge in [-0.05, 0) is 62.1 Å². The minimum atomic E-state index is -3.71. The minimum Gasteiger partial charge on any atom is -0.354 e. The third-order valence-corrected chi connectivity index (χ3v) is 8.45. The Hall–Kier alpha value is -2.13. The van der Waals surface area contributed by atoms with E-state index in [2.05, 4.69) is 10.6 Å². The van der Waals surface area contributed by atoms with Crippen molar-refractivity contribution in [1.29, 1.82) is 0 Å². The molecule has 3 atom stereocenters. The molecule has 33 heavy (non-hydrogen) atoms. The van der Waals surface area contributed by atoms with Gasteiger partial charge < -0.3 is 15.5 Å². The Balaban J connectivity index is 1.36. The second kappa shape index (κ2) is 10.4. The Morgan fingerprint density at radius 2 is 1.64 bits per heavy atom. The maximum atomic E-state index is 13.3. The SMILES string of the molecule is NS(=O)(=O)c1ccc(CCNC(=O)[C@@H]2C[C@@H]3CCCC[C@@H]3N2C(=O)NC2CCCCC2)cc1. The lowest BCUT2D eigenvalue weighted by Crippen LogP contribution is -2.55. The fourth-order valence-electron chi connectivity index (χ4n) is 5.78. The molecule has 1 heterocycles. The molecule has 0 unspecified atom stereocenters. The van der Waals surface area contributed by atoms with Gasteiger partial charge in [0.15, 0.2) is 0 Å². The molecular weight excluding hydrogens is 440 g/mol. The first-order chi connectivity index (χ1) is 15.8. The van der Waals surface area contributed by atoms with Crippen LogP contribution in [-0.4, -0.2) is 49.9 Å². The Labute approximate surface area is 196 Å². The summed E-state index contributed by atoms with van der Waals surface area (Å²) in [5.41, 5.74) is 0.912. The molecule has 3 amide bonds. The fourth-order valence-corrected chi connectivity index (χ4v) is 6.29. The molecule has 4 N–H and O–H groups in total. The van der Waals surface area contributed by atoms with Crippen molar-refractivity contribution in [3.63, 3.8) is 0 Å². The number of fused-ring (bicyclic) bond motifs is 1. The lowest BCUT2D eigenvalue weighted by atomic mass is 9.85. The molecule has 1 aromatic rings. The lowest BCUT2D eigenvalue weighted by Gasteiger charge is -2.35. The van der Waals surface area contributed by atoms with E-state index in [1.807, 2.05) is 4.90 Å². The molecule has 1 aromatic carbocycles. The number of nitrogens with zero attached hydrogens (tertiary/aromatic N) is 1. The Bertz CT molecular complexity index is 944. The number of hydrogen-bond donors (Lipinski definition) is 3. The van der Waals surface area contributed by atoms with Gasteiger partial charge >= 0.3 is 6.03 Å². The van der Waals surface area contributed by atoms with Crippen LogP contribution >= 0.6 is 0 Å². The Morgan fingerprint density at radius 1 is 0.970 bits per heavy atom. The molecule has 0 bridgehead atoms. The van der Waals surface area contributed by atoms with Crippen molar-refractivity contribution in [2.45, 2.75) is 93.7 Å². The normalized spacial score (nSPS) is 26.0. The summed E-state index contributed by atoms with van der Waals surface area (Å²) < 4.78 is 22.8. The number of carbonyl (C=O) groups excluding carboxylic acids is 2. The molecule has 8 nitrogen and oxygen atoms in total. The van der Waals surface area contributed by atoms with Crippen molar-refractivity contribution >= 4 is 22.0 Å². The van der Waals surface area contributed by atoms with Gasteiger partial charge in [0, 0.05) is 18.6 Å². The lowest BCUT2D eigenvalue weighted by molar-refractivity contribution is -0.125. The molecule has 3 aliphatic rings. The molecule has 1 saturated heterocycles. The predicted octanol–water partition coefficient (Wildman–Crippen LogP) is 2.67. The van der Waals surface area contributed by atoms with Crippen LogP contribution in [0.4, 0.5) is 4.79 Å². The van der Waals surface area contributed by atoms with Crippen LogP contribution in [0.15, 0.2) is 29.2 Å². The largest absolute Gasteiger partial charge is 0.354 e. The number of nitrogens with two attached hydrogens (primary N) is 1. The van der Waals surface area contributed by atoms with Gasteiger partial charge in [0.1, 0.15) is 6.04 Å². The fraction of sp³-hybridized carbons (Fsp3) is 0.667. The number of likely N-dealkylation sites (tertiary alicyclic amines) is 1. The zero-order valence-corrected chi connectivity index (χ0v) is 20.0. The topological polar surface area (TPSA) is 122 Å². The van der Waals surface area contributed by atoms with Gasteiger partial charge in [0.25, 0.3) is 0 Å². The zero-order valence-electron chi connectivity index (χ0n) is 19.2. The summed E-state index contributed by atoms with van der Waals surface area (Å²) in [6.45, 7) is 0.428. The van der Waals surface area contributed by atoms with Crippen LogP contribution < -0.4 is 15.8 Å². The quantitative estimate of drug-likeness (QED) is 0.584. The van der Waals surface area contributed by atoms with Gasteiger partial charge in [0.05, 0.1) is 4.90 Å². The maximum absolute atomic E-state index is 13.3. The smallest absolute Gasteiger partial charge is 0.318 e. The minimum absolute atomic E-state index is 0.0727. The van der Waals surface area contributed by atoms with Crippen molar-refractivity contribution in [2.75, 3.05) is 6.54 Å². The number of rotatable bonds is 6. The summed E-state index contributed by atoms with van der Waals surface area (Å²) in [6, 6.07) is 6.25. The molecule has 4 rings (SSSR count). The van der Waals surface area contributed by atoms with Crippen molar-refractivity contribution in [3.8, 4) is 0 Å². The highest BCUT2D eigenvalue weighted by molar-refractivity contribution is 7.89. The first kappa shape index (κ1) is 24.0. The van der Waals surface area contributed by atoms with Crippen LogP contribution in [-0.2, 0) is 21.2 Å². The van der Waals surface area contributed by atoms with Crippen LogP contribution in [0.2, 0.25) is 0 Å². The first-order valence-electron chi connectivity index (χ1n) is 12.3. The summed E-state index contributed by atoms with van der Waals surface area (Å²) in [5.74, 6) is 0.307. The number of hydrogen-bond acceptors (Lipinski definition) is 4. The molecule has 0 radical (unpaired) electrons. The number of carbonyl (C=O) groups is 2. The number of benzene rings is 1. The van der Waals surface area contributed by atoms with E-state index >= 15 is 0 Å². The molecule has 182 valence electrons. The Kier molecular flexibility index (Phi) is 7.58. The van der Waals surface area contributed by atoms with Crippen LogP contribution in [0.5, 0.6) is 0 Å². The summed E-state index contributed by atoms with van der Waals surface area (Å²) in [5, 5.41) is 11.4. The number of urea groups is 1. The number of amides is 3. The van der Waals surface area contributed by atoms with E-state index in [-0.39, 0.29) is 28.9 Å². The highest BCUT2D eigenvalue weighted by atomic mass is 32.2. The Morgan fingerprint density at radius 3 is 2.33 bits per heavy atom. The molecule has 0 spiro atoms. The van der Waals surface area contributed by atoms with E-state index in [1.54, 1.807) is 12.1 Å². The monoisotopic (exact) mass is 476 g/mol. The highest BCUT2D eigenvalue weighted by Gasteiger charge is 2.47. The summed E-state index contributed by atoms with van der Waals surface area (Å²) >= 11 is 0. The van der Waals surface area contributed by atoms with Gasteiger partial charge in [-0.2, -0.15) is 0 Å². The standard InChI is InChI=1S/C24H36N4O4S/c25-33(31,32)20-12-10-17(11-13-20)14-15-26-23(29)22-16-18-6-4-5-9-21(18)28(22)24(30)27-19-7-2-1-3-8-19/h10-13,18-19,21-22H,1-9,14-16H2,(H,26,29)(H,27,30)(H2,25,31,32)/t18-,21-,22-/m0/s1. The third-order valence-electron chi connectivity index (χ3n) is 7.52. The van der Waals surface area contributed by atoms with Gasteiger partial charge in [-0.3, -0.25) is 4.79 Å². The van der Waals surface area contributed by atoms with Crippen molar-refractivity contribution in [1.82, 2.24) is 15.5 Å². The first-order valence-corrected chi connectivity index (χ1v) is 13.9. The second-order valence-corrected chi connectivity index (χ2v) is 11.3. The van der Waals surface area contributed by atoms with E-state index in [1.165, 1.54) is 25.0 Å². The molecule has 0 aromatic heterocycles. The van der Waals surface area contributed by atoms with E-state index in [0.717, 1.165) is 56.9 Å². The zero-order chi connectivity index (χ0) is 23.4. The van der Waals surface area contributed by atoms with Crippen LogP contribution in [0.3, 0.4) is 0 Å². The maximum Gasteiger partial charge on any atom is 0.318 e. The van der Waals surface area contributed by atoms with Crippen molar-refractivity contribution in [3.05, 3.63) is 29.8 Å². The highest BCUT2D eigenvalue weighted by Crippen LogP contribution is 2.40. The molecular formula is C24H36N4O4S.